The standard InChI is InChI=1S/C39H26N2O/c42-39-35-13-7-8-14-37(35)41-36-24-21-32(28-11-5-2-6-12-28)25-33(36)26-38(41)40(39)34-22-19-31(20-23-34)30-17-15-29(16-18-30)27-9-3-1-4-10-27/h1-26H. The summed E-state index contributed by atoms with van der Waals surface area (Å²) in [6.45, 7) is 0. The summed E-state index contributed by atoms with van der Waals surface area (Å²) in [5.74, 6) is 0. The first-order chi connectivity index (χ1) is 20.7. The Balaban J connectivity index is 1.26. The van der Waals surface area contributed by atoms with Gasteiger partial charge >= 0.3 is 0 Å². The highest BCUT2D eigenvalue weighted by Crippen LogP contribution is 2.31. The fourth-order valence-electron chi connectivity index (χ4n) is 6.04. The van der Waals surface area contributed by atoms with Crippen LogP contribution in [0.4, 0.5) is 0 Å². The van der Waals surface area contributed by atoms with Crippen LogP contribution in [0.3, 0.4) is 0 Å². The molecule has 3 nitrogen and oxygen atoms in total. The van der Waals surface area contributed by atoms with E-state index in [0.29, 0.717) is 5.39 Å². The molecule has 0 radical (unpaired) electrons. The second kappa shape index (κ2) is 9.76. The summed E-state index contributed by atoms with van der Waals surface area (Å²) in [6.07, 6.45) is 0. The summed E-state index contributed by atoms with van der Waals surface area (Å²) in [7, 11) is 0. The van der Waals surface area contributed by atoms with Gasteiger partial charge in [0, 0.05) is 5.39 Å². The summed E-state index contributed by atoms with van der Waals surface area (Å²) >= 11 is 0. The molecule has 0 aliphatic rings. The van der Waals surface area contributed by atoms with Crippen molar-refractivity contribution in [1.29, 1.82) is 0 Å². The Kier molecular flexibility index (Phi) is 5.61. The third-order valence-electron chi connectivity index (χ3n) is 8.15. The Morgan fingerprint density at radius 1 is 0.405 bits per heavy atom. The molecular weight excluding hydrogens is 512 g/mol. The van der Waals surface area contributed by atoms with Gasteiger partial charge < -0.3 is 0 Å². The van der Waals surface area contributed by atoms with Crippen LogP contribution in [0.5, 0.6) is 0 Å². The Morgan fingerprint density at radius 2 is 0.905 bits per heavy atom. The normalized spacial score (nSPS) is 11.4. The highest BCUT2D eigenvalue weighted by Gasteiger charge is 2.16. The summed E-state index contributed by atoms with van der Waals surface area (Å²) < 4.78 is 4.05. The zero-order valence-electron chi connectivity index (χ0n) is 22.8. The van der Waals surface area contributed by atoms with Crippen LogP contribution in [-0.4, -0.2) is 8.97 Å². The molecule has 0 N–H and O–H groups in total. The van der Waals surface area contributed by atoms with Gasteiger partial charge in [-0.25, -0.2) is 0 Å². The van der Waals surface area contributed by atoms with Gasteiger partial charge in [0.15, 0.2) is 0 Å². The second-order valence-electron chi connectivity index (χ2n) is 10.6. The minimum Gasteiger partial charge on any atom is -0.295 e. The van der Waals surface area contributed by atoms with Gasteiger partial charge in [0.1, 0.15) is 5.65 Å². The van der Waals surface area contributed by atoms with Gasteiger partial charge in [0.25, 0.3) is 5.56 Å². The van der Waals surface area contributed by atoms with Crippen molar-refractivity contribution in [1.82, 2.24) is 8.97 Å². The Labute approximate surface area is 243 Å². The van der Waals surface area contributed by atoms with Crippen molar-refractivity contribution in [3.05, 3.63) is 168 Å². The predicted molar refractivity (Wildman–Crippen MR) is 174 cm³/mol. The van der Waals surface area contributed by atoms with E-state index in [2.05, 4.69) is 114 Å². The molecule has 3 heteroatoms. The van der Waals surface area contributed by atoms with Crippen molar-refractivity contribution in [2.75, 3.05) is 0 Å². The monoisotopic (exact) mass is 538 g/mol. The molecule has 8 rings (SSSR count). The van der Waals surface area contributed by atoms with Crippen molar-refractivity contribution < 1.29 is 0 Å². The molecule has 0 unspecified atom stereocenters. The third-order valence-corrected chi connectivity index (χ3v) is 8.15. The Morgan fingerprint density at radius 3 is 1.55 bits per heavy atom. The first-order valence-corrected chi connectivity index (χ1v) is 14.2. The Hall–Kier alpha value is -5.67. The lowest BCUT2D eigenvalue weighted by atomic mass is 10.0. The minimum atomic E-state index is -0.0239. The average molecular weight is 539 g/mol. The molecule has 0 fully saturated rings. The third kappa shape index (κ3) is 3.94. The first-order valence-electron chi connectivity index (χ1n) is 14.2. The summed E-state index contributed by atoms with van der Waals surface area (Å²) in [6, 6.07) is 54.2. The number of rotatable bonds is 4. The first kappa shape index (κ1) is 24.2. The van der Waals surface area contributed by atoms with Crippen LogP contribution in [0.1, 0.15) is 0 Å². The fourth-order valence-corrected chi connectivity index (χ4v) is 6.04. The van der Waals surface area contributed by atoms with Crippen molar-refractivity contribution in [3.8, 4) is 39.1 Å². The molecule has 8 aromatic rings. The van der Waals surface area contributed by atoms with E-state index in [1.165, 1.54) is 16.7 Å². The molecule has 0 saturated heterocycles. The molecule has 6 aromatic carbocycles. The molecule has 0 spiro atoms. The SMILES string of the molecule is O=c1c2ccccc2n2c3ccc(-c4ccccc4)cc3cc2n1-c1ccc(-c2ccc(-c3ccccc3)cc2)cc1. The fraction of sp³-hybridized carbons (Fsp3) is 0. The lowest BCUT2D eigenvalue weighted by Gasteiger charge is -2.13. The number of aromatic nitrogens is 2. The van der Waals surface area contributed by atoms with Crippen molar-refractivity contribution >= 4 is 27.5 Å². The molecule has 2 heterocycles. The summed E-state index contributed by atoms with van der Waals surface area (Å²) in [4.78, 5) is 14.0. The van der Waals surface area contributed by atoms with Gasteiger partial charge in [-0.1, -0.05) is 115 Å². The average Bonchev–Trinajstić information content (AvgIpc) is 3.45. The second-order valence-corrected chi connectivity index (χ2v) is 10.6. The zero-order valence-corrected chi connectivity index (χ0v) is 22.8. The number of hydrogen-bond acceptors (Lipinski definition) is 1. The van der Waals surface area contributed by atoms with Gasteiger partial charge in [-0.15, -0.1) is 0 Å². The number of para-hydroxylation sites is 1. The number of hydrogen-bond donors (Lipinski definition) is 0. The quantitative estimate of drug-likeness (QED) is 0.219. The van der Waals surface area contributed by atoms with E-state index in [9.17, 15) is 4.79 Å². The topological polar surface area (TPSA) is 26.4 Å². The van der Waals surface area contributed by atoms with Crippen LogP contribution in [-0.2, 0) is 0 Å². The van der Waals surface area contributed by atoms with Crippen LogP contribution in [0.25, 0.3) is 66.5 Å². The molecule has 0 atom stereocenters. The van der Waals surface area contributed by atoms with E-state index in [1.54, 1.807) is 0 Å². The van der Waals surface area contributed by atoms with Gasteiger partial charge in [0.2, 0.25) is 0 Å². The molecule has 198 valence electrons. The molecule has 0 amide bonds. The maximum absolute atomic E-state index is 14.0. The lowest BCUT2D eigenvalue weighted by Crippen LogP contribution is -2.21. The minimum absolute atomic E-state index is 0.0239. The maximum atomic E-state index is 14.0. The highest BCUT2D eigenvalue weighted by atomic mass is 16.1. The smallest absolute Gasteiger partial charge is 0.266 e. The number of fused-ring (bicyclic) bond motifs is 5. The van der Waals surface area contributed by atoms with Crippen molar-refractivity contribution in [2.24, 2.45) is 0 Å². The zero-order chi connectivity index (χ0) is 28.0. The molecule has 0 aliphatic carbocycles. The highest BCUT2D eigenvalue weighted by molar-refractivity contribution is 5.95. The largest absolute Gasteiger partial charge is 0.295 e. The predicted octanol–water partition coefficient (Wildman–Crippen LogP) is 9.40. The van der Waals surface area contributed by atoms with Crippen LogP contribution >= 0.6 is 0 Å². The molecule has 42 heavy (non-hydrogen) atoms. The number of benzene rings is 6. The van der Waals surface area contributed by atoms with Gasteiger partial charge in [-0.05, 0) is 75.8 Å². The van der Waals surface area contributed by atoms with Crippen molar-refractivity contribution in [2.45, 2.75) is 0 Å². The maximum Gasteiger partial charge on any atom is 0.266 e. The van der Waals surface area contributed by atoms with Crippen LogP contribution < -0.4 is 5.56 Å². The van der Waals surface area contributed by atoms with Crippen LogP contribution in [0.2, 0.25) is 0 Å². The van der Waals surface area contributed by atoms with E-state index < -0.39 is 0 Å². The van der Waals surface area contributed by atoms with Gasteiger partial charge in [-0.3, -0.25) is 13.8 Å². The van der Waals surface area contributed by atoms with Crippen LogP contribution in [0, 0.1) is 0 Å². The molecule has 0 bridgehead atoms. The summed E-state index contributed by atoms with van der Waals surface area (Å²) in [5.41, 5.74) is 10.6. The molecule has 0 saturated carbocycles. The van der Waals surface area contributed by atoms with E-state index in [-0.39, 0.29) is 5.56 Å². The van der Waals surface area contributed by atoms with E-state index in [1.807, 2.05) is 53.1 Å². The molecule has 0 aliphatic heterocycles. The van der Waals surface area contributed by atoms with E-state index >= 15 is 0 Å². The van der Waals surface area contributed by atoms with E-state index in [0.717, 1.165) is 44.4 Å². The molecular formula is C39H26N2O. The van der Waals surface area contributed by atoms with Gasteiger partial charge in [0.05, 0.1) is 22.1 Å². The Bertz CT molecular complexity index is 2280. The van der Waals surface area contributed by atoms with Crippen LogP contribution in [0.15, 0.2) is 163 Å². The molecule has 2 aromatic heterocycles. The lowest BCUT2D eigenvalue weighted by molar-refractivity contribution is 1.01. The number of nitrogens with zero attached hydrogens (tertiary/aromatic N) is 2. The summed E-state index contributed by atoms with van der Waals surface area (Å²) in [5, 5.41) is 1.78. The van der Waals surface area contributed by atoms with E-state index in [4.69, 9.17) is 0 Å². The van der Waals surface area contributed by atoms with Gasteiger partial charge in [-0.2, -0.15) is 0 Å². The van der Waals surface area contributed by atoms with Crippen molar-refractivity contribution in [3.63, 3.8) is 0 Å².